The van der Waals surface area contributed by atoms with Crippen molar-refractivity contribution in [1.29, 1.82) is 0 Å². The number of sulfonamides is 1. The van der Waals surface area contributed by atoms with Gasteiger partial charge in [-0.25, -0.2) is 18.1 Å². The van der Waals surface area contributed by atoms with Crippen LogP contribution in [-0.2, 0) is 16.6 Å². The minimum atomic E-state index is -3.63. The molecular weight excluding hydrogens is 264 g/mol. The van der Waals surface area contributed by atoms with Gasteiger partial charge in [-0.3, -0.25) is 0 Å². The number of benzene rings is 1. The van der Waals surface area contributed by atoms with Crippen molar-refractivity contribution >= 4 is 15.7 Å². The molecule has 6 nitrogen and oxygen atoms in total. The second-order valence-corrected chi connectivity index (χ2v) is 6.11. The summed E-state index contributed by atoms with van der Waals surface area (Å²) in [6, 6.07) is 3.25. The molecule has 0 aliphatic heterocycles. The van der Waals surface area contributed by atoms with Crippen LogP contribution in [0.1, 0.15) is 16.8 Å². The molecule has 0 saturated carbocycles. The molecule has 19 heavy (non-hydrogen) atoms. The van der Waals surface area contributed by atoms with E-state index in [1.165, 1.54) is 6.33 Å². The molecule has 0 aliphatic rings. The van der Waals surface area contributed by atoms with Gasteiger partial charge < -0.3 is 10.7 Å². The maximum atomic E-state index is 12.2. The SMILES string of the molecule is Cc1cc(N)c(S(=O)(=O)NCc2cnc[nH]2)cc1C. The average Bonchev–Trinajstić information content (AvgIpc) is 2.84. The third kappa shape index (κ3) is 2.94. The van der Waals surface area contributed by atoms with Gasteiger partial charge in [-0.05, 0) is 37.1 Å². The highest BCUT2D eigenvalue weighted by Crippen LogP contribution is 2.22. The summed E-state index contributed by atoms with van der Waals surface area (Å²) in [5.74, 6) is 0. The monoisotopic (exact) mass is 280 g/mol. The number of aryl methyl sites for hydroxylation is 2. The number of nitrogens with two attached hydrogens (primary N) is 1. The Labute approximate surface area is 112 Å². The Bertz CT molecular complexity index is 678. The fourth-order valence-corrected chi connectivity index (χ4v) is 2.88. The van der Waals surface area contributed by atoms with Crippen LogP contribution in [0.4, 0.5) is 5.69 Å². The Hall–Kier alpha value is -1.86. The molecule has 0 unspecified atom stereocenters. The van der Waals surface area contributed by atoms with Crippen molar-refractivity contribution < 1.29 is 8.42 Å². The quantitative estimate of drug-likeness (QED) is 0.730. The first-order valence-electron chi connectivity index (χ1n) is 5.74. The summed E-state index contributed by atoms with van der Waals surface area (Å²) in [4.78, 5) is 6.76. The second-order valence-electron chi connectivity index (χ2n) is 4.38. The van der Waals surface area contributed by atoms with E-state index in [0.29, 0.717) is 5.69 Å². The van der Waals surface area contributed by atoms with E-state index in [-0.39, 0.29) is 17.1 Å². The molecule has 2 rings (SSSR count). The number of hydrogen-bond acceptors (Lipinski definition) is 4. The smallest absolute Gasteiger partial charge is 0.242 e. The van der Waals surface area contributed by atoms with Crippen molar-refractivity contribution in [2.45, 2.75) is 25.3 Å². The van der Waals surface area contributed by atoms with Gasteiger partial charge in [0.25, 0.3) is 0 Å². The van der Waals surface area contributed by atoms with Crippen LogP contribution in [0.2, 0.25) is 0 Å². The number of hydrogen-bond donors (Lipinski definition) is 3. The summed E-state index contributed by atoms with van der Waals surface area (Å²) in [6.07, 6.45) is 3.06. The standard InChI is InChI=1S/C12H16N4O2S/c1-8-3-11(13)12(4-9(8)2)19(17,18)16-6-10-5-14-7-15-10/h3-5,7,16H,6,13H2,1-2H3,(H,14,15). The van der Waals surface area contributed by atoms with Crippen molar-refractivity contribution in [1.82, 2.24) is 14.7 Å². The molecule has 0 spiro atoms. The van der Waals surface area contributed by atoms with Gasteiger partial charge in [0.15, 0.2) is 0 Å². The number of H-pyrrole nitrogens is 1. The molecule has 0 aliphatic carbocycles. The number of nitrogens with zero attached hydrogens (tertiary/aromatic N) is 1. The van der Waals surface area contributed by atoms with Crippen LogP contribution in [0.5, 0.6) is 0 Å². The Balaban J connectivity index is 2.27. The van der Waals surface area contributed by atoms with E-state index in [1.807, 2.05) is 13.8 Å². The fourth-order valence-electron chi connectivity index (χ4n) is 1.68. The van der Waals surface area contributed by atoms with Crippen LogP contribution in [-0.4, -0.2) is 18.4 Å². The highest BCUT2D eigenvalue weighted by Gasteiger charge is 2.18. The molecule has 2 aromatic rings. The zero-order chi connectivity index (χ0) is 14.0. The summed E-state index contributed by atoms with van der Waals surface area (Å²) in [5, 5.41) is 0. The van der Waals surface area contributed by atoms with Crippen LogP contribution in [0.15, 0.2) is 29.6 Å². The van der Waals surface area contributed by atoms with Gasteiger partial charge in [0.1, 0.15) is 4.90 Å². The number of imidazole rings is 1. The predicted octanol–water partition coefficient (Wildman–Crippen LogP) is 1.09. The molecule has 0 bridgehead atoms. The molecule has 7 heteroatoms. The van der Waals surface area contributed by atoms with E-state index >= 15 is 0 Å². The van der Waals surface area contributed by atoms with E-state index in [9.17, 15) is 8.42 Å². The van der Waals surface area contributed by atoms with Gasteiger partial charge in [0, 0.05) is 11.9 Å². The lowest BCUT2D eigenvalue weighted by molar-refractivity contribution is 0.581. The van der Waals surface area contributed by atoms with Gasteiger partial charge in [-0.2, -0.15) is 0 Å². The molecule has 0 fully saturated rings. The van der Waals surface area contributed by atoms with Gasteiger partial charge in [0.2, 0.25) is 10.0 Å². The lowest BCUT2D eigenvalue weighted by Crippen LogP contribution is -2.24. The molecular formula is C12H16N4O2S. The van der Waals surface area contributed by atoms with Crippen molar-refractivity contribution in [2.75, 3.05) is 5.73 Å². The van der Waals surface area contributed by atoms with Crippen molar-refractivity contribution in [3.8, 4) is 0 Å². The van der Waals surface area contributed by atoms with Crippen molar-refractivity contribution in [3.05, 3.63) is 41.5 Å². The van der Waals surface area contributed by atoms with Crippen molar-refractivity contribution in [3.63, 3.8) is 0 Å². The first kappa shape index (κ1) is 13.6. The third-order valence-corrected chi connectivity index (χ3v) is 4.38. The van der Waals surface area contributed by atoms with Gasteiger partial charge in [-0.15, -0.1) is 0 Å². The molecule has 4 N–H and O–H groups in total. The number of aromatic amines is 1. The Morgan fingerprint density at radius 1 is 1.32 bits per heavy atom. The van der Waals surface area contributed by atoms with Crippen LogP contribution < -0.4 is 10.5 Å². The first-order chi connectivity index (χ1) is 8.90. The lowest BCUT2D eigenvalue weighted by atomic mass is 10.1. The van der Waals surface area contributed by atoms with Crippen LogP contribution >= 0.6 is 0 Å². The molecule has 102 valence electrons. The Kier molecular flexibility index (Phi) is 3.59. The van der Waals surface area contributed by atoms with E-state index in [1.54, 1.807) is 18.3 Å². The summed E-state index contributed by atoms with van der Waals surface area (Å²) in [5.41, 5.74) is 8.57. The summed E-state index contributed by atoms with van der Waals surface area (Å²) in [6.45, 7) is 3.89. The molecule has 1 heterocycles. The number of nitrogen functional groups attached to an aromatic ring is 1. The van der Waals surface area contributed by atoms with E-state index in [2.05, 4.69) is 14.7 Å². The third-order valence-electron chi connectivity index (χ3n) is 2.92. The van der Waals surface area contributed by atoms with Crippen molar-refractivity contribution in [2.24, 2.45) is 0 Å². The Morgan fingerprint density at radius 2 is 2.00 bits per heavy atom. The Morgan fingerprint density at radius 3 is 2.63 bits per heavy atom. The molecule has 1 aromatic heterocycles. The maximum absolute atomic E-state index is 12.2. The number of nitrogens with one attached hydrogen (secondary N) is 2. The number of aromatic nitrogens is 2. The summed E-state index contributed by atoms with van der Waals surface area (Å²) in [7, 11) is -3.63. The summed E-state index contributed by atoms with van der Waals surface area (Å²) < 4.78 is 26.9. The fraction of sp³-hybridized carbons (Fsp3) is 0.250. The van der Waals surface area contributed by atoms with Gasteiger partial charge >= 0.3 is 0 Å². The van der Waals surface area contributed by atoms with Crippen LogP contribution in [0.25, 0.3) is 0 Å². The lowest BCUT2D eigenvalue weighted by Gasteiger charge is -2.11. The maximum Gasteiger partial charge on any atom is 0.242 e. The van der Waals surface area contributed by atoms with E-state index in [4.69, 9.17) is 5.73 Å². The second kappa shape index (κ2) is 5.02. The topological polar surface area (TPSA) is 101 Å². The first-order valence-corrected chi connectivity index (χ1v) is 7.22. The van der Waals surface area contributed by atoms with E-state index < -0.39 is 10.0 Å². The minimum Gasteiger partial charge on any atom is -0.398 e. The highest BCUT2D eigenvalue weighted by molar-refractivity contribution is 7.89. The molecule has 0 atom stereocenters. The highest BCUT2D eigenvalue weighted by atomic mass is 32.2. The summed E-state index contributed by atoms with van der Waals surface area (Å²) >= 11 is 0. The number of anilines is 1. The molecule has 0 amide bonds. The van der Waals surface area contributed by atoms with Gasteiger partial charge in [-0.1, -0.05) is 0 Å². The average molecular weight is 280 g/mol. The number of rotatable bonds is 4. The molecule has 0 radical (unpaired) electrons. The molecule has 0 saturated heterocycles. The predicted molar refractivity (Wildman–Crippen MR) is 72.9 cm³/mol. The zero-order valence-electron chi connectivity index (χ0n) is 10.8. The van der Waals surface area contributed by atoms with E-state index in [0.717, 1.165) is 11.1 Å². The van der Waals surface area contributed by atoms with Gasteiger partial charge in [0.05, 0.1) is 18.6 Å². The van der Waals surface area contributed by atoms with Crippen LogP contribution in [0, 0.1) is 13.8 Å². The largest absolute Gasteiger partial charge is 0.398 e. The molecule has 1 aromatic carbocycles. The zero-order valence-corrected chi connectivity index (χ0v) is 11.6. The van der Waals surface area contributed by atoms with Crippen LogP contribution in [0.3, 0.4) is 0 Å². The minimum absolute atomic E-state index is 0.107. The normalized spacial score (nSPS) is 11.7.